The fourth-order valence-electron chi connectivity index (χ4n) is 1.99. The lowest BCUT2D eigenvalue weighted by molar-refractivity contribution is 0.456. The predicted molar refractivity (Wildman–Crippen MR) is 81.3 cm³/mol. The van der Waals surface area contributed by atoms with Gasteiger partial charge in [-0.25, -0.2) is 14.4 Å². The first-order chi connectivity index (χ1) is 10.2. The van der Waals surface area contributed by atoms with Crippen LogP contribution in [0.3, 0.4) is 0 Å². The maximum absolute atomic E-state index is 13.2. The lowest BCUT2D eigenvalue weighted by atomic mass is 10.3. The molecule has 112 valence electrons. The van der Waals surface area contributed by atoms with E-state index in [2.05, 4.69) is 28.7 Å². The van der Waals surface area contributed by atoms with Crippen molar-refractivity contribution in [3.63, 3.8) is 0 Å². The minimum absolute atomic E-state index is 0.333. The normalized spacial score (nSPS) is 10.4. The maximum Gasteiger partial charge on any atom is 0.224 e. The smallest absolute Gasteiger partial charge is 0.224 e. The Balaban J connectivity index is 2.13. The largest absolute Gasteiger partial charge is 0.439 e. The first-order valence-corrected chi connectivity index (χ1v) is 7.23. The highest BCUT2D eigenvalue weighted by atomic mass is 19.1. The lowest BCUT2D eigenvalue weighted by Gasteiger charge is -2.21. The van der Waals surface area contributed by atoms with Gasteiger partial charge in [-0.2, -0.15) is 0 Å². The number of hydrogen-bond acceptors (Lipinski definition) is 4. The number of anilines is 1. The first-order valence-electron chi connectivity index (χ1n) is 7.23. The highest BCUT2D eigenvalue weighted by molar-refractivity contribution is 5.41. The second kappa shape index (κ2) is 7.57. The third kappa shape index (κ3) is 4.41. The van der Waals surface area contributed by atoms with Gasteiger partial charge in [-0.3, -0.25) is 0 Å². The highest BCUT2D eigenvalue weighted by Gasteiger charge is 2.08. The number of benzene rings is 1. The monoisotopic (exact) mass is 289 g/mol. The molecule has 1 aromatic heterocycles. The summed E-state index contributed by atoms with van der Waals surface area (Å²) in [7, 11) is 0. The highest BCUT2D eigenvalue weighted by Crippen LogP contribution is 2.22. The number of halogens is 1. The van der Waals surface area contributed by atoms with Crippen LogP contribution in [0.4, 0.5) is 10.2 Å². The van der Waals surface area contributed by atoms with Crippen molar-refractivity contribution in [3.05, 3.63) is 42.5 Å². The Bertz CT molecular complexity index is 577. The molecule has 1 aromatic carbocycles. The van der Waals surface area contributed by atoms with Crippen LogP contribution in [0.1, 0.15) is 26.7 Å². The quantitative estimate of drug-likeness (QED) is 0.771. The van der Waals surface area contributed by atoms with Gasteiger partial charge in [0, 0.05) is 25.2 Å². The summed E-state index contributed by atoms with van der Waals surface area (Å²) in [6.07, 6.45) is 3.71. The fraction of sp³-hybridized carbons (Fsp3) is 0.375. The molecule has 0 amide bonds. The number of nitrogens with zero attached hydrogens (tertiary/aromatic N) is 3. The van der Waals surface area contributed by atoms with Crippen LogP contribution in [0.5, 0.6) is 11.6 Å². The maximum atomic E-state index is 13.2. The number of hydrogen-bond donors (Lipinski definition) is 0. The van der Waals surface area contributed by atoms with Gasteiger partial charge in [-0.15, -0.1) is 0 Å². The molecule has 0 unspecified atom stereocenters. The average molecular weight is 289 g/mol. The van der Waals surface area contributed by atoms with E-state index in [1.165, 1.54) is 18.5 Å². The van der Waals surface area contributed by atoms with Gasteiger partial charge in [0.1, 0.15) is 23.7 Å². The SMILES string of the molecule is CCCCN(CC)c1cc(Oc2cccc(F)c2)ncn1. The summed E-state index contributed by atoms with van der Waals surface area (Å²) >= 11 is 0. The van der Waals surface area contributed by atoms with Crippen LogP contribution >= 0.6 is 0 Å². The molecule has 0 saturated heterocycles. The van der Waals surface area contributed by atoms with E-state index in [0.29, 0.717) is 11.6 Å². The molecule has 0 aliphatic rings. The van der Waals surface area contributed by atoms with Crippen molar-refractivity contribution in [2.45, 2.75) is 26.7 Å². The van der Waals surface area contributed by atoms with Crippen LogP contribution in [0, 0.1) is 5.82 Å². The molecule has 2 aromatic rings. The van der Waals surface area contributed by atoms with E-state index in [-0.39, 0.29) is 5.82 Å². The summed E-state index contributed by atoms with van der Waals surface area (Å²) < 4.78 is 18.7. The minimum Gasteiger partial charge on any atom is -0.439 e. The third-order valence-corrected chi connectivity index (χ3v) is 3.13. The van der Waals surface area contributed by atoms with Gasteiger partial charge in [0.15, 0.2) is 0 Å². The van der Waals surface area contributed by atoms with E-state index in [9.17, 15) is 4.39 Å². The van der Waals surface area contributed by atoms with Crippen LogP contribution in [-0.4, -0.2) is 23.1 Å². The number of ether oxygens (including phenoxy) is 1. The van der Waals surface area contributed by atoms with Gasteiger partial charge in [0.05, 0.1) is 0 Å². The molecule has 0 spiro atoms. The number of aromatic nitrogens is 2. The van der Waals surface area contributed by atoms with E-state index < -0.39 is 0 Å². The van der Waals surface area contributed by atoms with E-state index in [1.54, 1.807) is 18.2 Å². The Kier molecular flexibility index (Phi) is 5.49. The van der Waals surface area contributed by atoms with Crippen molar-refractivity contribution in [2.75, 3.05) is 18.0 Å². The molecule has 0 bridgehead atoms. The zero-order chi connectivity index (χ0) is 15.1. The van der Waals surface area contributed by atoms with E-state index in [1.807, 2.05) is 0 Å². The Hall–Kier alpha value is -2.17. The zero-order valence-corrected chi connectivity index (χ0v) is 12.4. The van der Waals surface area contributed by atoms with Crippen LogP contribution in [0.15, 0.2) is 36.7 Å². The lowest BCUT2D eigenvalue weighted by Crippen LogP contribution is -2.24. The van der Waals surface area contributed by atoms with Crippen LogP contribution in [0.25, 0.3) is 0 Å². The Morgan fingerprint density at radius 1 is 1.19 bits per heavy atom. The molecule has 4 nitrogen and oxygen atoms in total. The van der Waals surface area contributed by atoms with Crippen molar-refractivity contribution >= 4 is 5.82 Å². The van der Waals surface area contributed by atoms with Gasteiger partial charge in [0.2, 0.25) is 5.88 Å². The summed E-state index contributed by atoms with van der Waals surface area (Å²) in [5.41, 5.74) is 0. The predicted octanol–water partition coefficient (Wildman–Crippen LogP) is 4.03. The third-order valence-electron chi connectivity index (χ3n) is 3.13. The molecule has 0 saturated carbocycles. The molecule has 0 N–H and O–H groups in total. The molecular weight excluding hydrogens is 269 g/mol. The molecule has 1 heterocycles. The second-order valence-electron chi connectivity index (χ2n) is 4.71. The summed E-state index contributed by atoms with van der Waals surface area (Å²) in [5.74, 6) is 1.34. The van der Waals surface area contributed by atoms with E-state index in [4.69, 9.17) is 4.74 Å². The summed E-state index contributed by atoms with van der Waals surface area (Å²) in [4.78, 5) is 10.5. The molecule has 0 fully saturated rings. The summed E-state index contributed by atoms with van der Waals surface area (Å²) in [5, 5.41) is 0. The molecule has 0 radical (unpaired) electrons. The van der Waals surface area contributed by atoms with Gasteiger partial charge in [0.25, 0.3) is 0 Å². The van der Waals surface area contributed by atoms with Crippen LogP contribution in [0.2, 0.25) is 0 Å². The van der Waals surface area contributed by atoms with Crippen molar-refractivity contribution < 1.29 is 9.13 Å². The van der Waals surface area contributed by atoms with Crippen molar-refractivity contribution in [3.8, 4) is 11.6 Å². The van der Waals surface area contributed by atoms with Gasteiger partial charge >= 0.3 is 0 Å². The van der Waals surface area contributed by atoms with E-state index in [0.717, 1.165) is 31.7 Å². The van der Waals surface area contributed by atoms with Gasteiger partial charge in [-0.05, 0) is 25.5 Å². The average Bonchev–Trinajstić information content (AvgIpc) is 2.48. The second-order valence-corrected chi connectivity index (χ2v) is 4.71. The summed E-state index contributed by atoms with van der Waals surface area (Å²) in [6, 6.07) is 7.79. The number of unbranched alkanes of at least 4 members (excludes halogenated alkanes) is 1. The topological polar surface area (TPSA) is 38.2 Å². The molecule has 0 aliphatic carbocycles. The Labute approximate surface area is 124 Å². The van der Waals surface area contributed by atoms with Gasteiger partial charge < -0.3 is 9.64 Å². The molecule has 0 aliphatic heterocycles. The number of rotatable bonds is 7. The summed E-state index contributed by atoms with van der Waals surface area (Å²) in [6.45, 7) is 6.07. The minimum atomic E-state index is -0.333. The molecule has 2 rings (SSSR count). The Morgan fingerprint density at radius 2 is 2.05 bits per heavy atom. The van der Waals surface area contributed by atoms with Gasteiger partial charge in [-0.1, -0.05) is 19.4 Å². The molecule has 0 atom stereocenters. The molecular formula is C16H20FN3O. The van der Waals surface area contributed by atoms with Crippen molar-refractivity contribution in [2.24, 2.45) is 0 Å². The molecule has 5 heteroatoms. The van der Waals surface area contributed by atoms with Crippen LogP contribution in [-0.2, 0) is 0 Å². The zero-order valence-electron chi connectivity index (χ0n) is 12.4. The van der Waals surface area contributed by atoms with E-state index >= 15 is 0 Å². The molecule has 21 heavy (non-hydrogen) atoms. The Morgan fingerprint density at radius 3 is 2.76 bits per heavy atom. The first kappa shape index (κ1) is 15.2. The standard InChI is InChI=1S/C16H20FN3O/c1-3-5-9-20(4-2)15-11-16(19-12-18-15)21-14-8-6-7-13(17)10-14/h6-8,10-12H,3-5,9H2,1-2H3. The van der Waals surface area contributed by atoms with Crippen molar-refractivity contribution in [1.82, 2.24) is 9.97 Å². The van der Waals surface area contributed by atoms with Crippen molar-refractivity contribution in [1.29, 1.82) is 0 Å². The van der Waals surface area contributed by atoms with Crippen LogP contribution < -0.4 is 9.64 Å². The fourth-order valence-corrected chi connectivity index (χ4v) is 1.99.